The number of amides is 1. The summed E-state index contributed by atoms with van der Waals surface area (Å²) in [5.41, 5.74) is 0.730. The van der Waals surface area contributed by atoms with Gasteiger partial charge in [0, 0.05) is 24.5 Å². The summed E-state index contributed by atoms with van der Waals surface area (Å²) < 4.78 is 4.94. The van der Waals surface area contributed by atoms with Gasteiger partial charge in [-0.25, -0.2) is 0 Å². The van der Waals surface area contributed by atoms with Crippen molar-refractivity contribution in [2.45, 2.75) is 20.3 Å². The van der Waals surface area contributed by atoms with E-state index < -0.39 is 0 Å². The summed E-state index contributed by atoms with van der Waals surface area (Å²) in [4.78, 5) is 13.7. The average Bonchev–Trinajstić information content (AvgIpc) is 2.63. The molecule has 0 fully saturated rings. The zero-order chi connectivity index (χ0) is 11.3. The Morgan fingerprint density at radius 1 is 1.60 bits per heavy atom. The first-order valence-corrected chi connectivity index (χ1v) is 6.09. The minimum Gasteiger partial charge on any atom is -0.351 e. The Morgan fingerprint density at radius 2 is 2.33 bits per heavy atom. The maximum absolute atomic E-state index is 11.9. The van der Waals surface area contributed by atoms with Gasteiger partial charge in [-0.2, -0.15) is 0 Å². The predicted octanol–water partition coefficient (Wildman–Crippen LogP) is 2.23. The summed E-state index contributed by atoms with van der Waals surface area (Å²) in [6, 6.07) is 1.67. The summed E-state index contributed by atoms with van der Waals surface area (Å²) in [5, 5.41) is 4.48. The number of carbonyl (C=O) groups is 1. The second-order valence-corrected chi connectivity index (χ2v) is 4.11. The van der Waals surface area contributed by atoms with E-state index in [2.05, 4.69) is 21.1 Å². The van der Waals surface area contributed by atoms with Crippen molar-refractivity contribution in [3.8, 4) is 0 Å². The Balaban J connectivity index is 2.71. The Labute approximate surface area is 97.7 Å². The molecule has 1 rings (SSSR count). The highest BCUT2D eigenvalue weighted by Crippen LogP contribution is 2.07. The average molecular weight is 275 g/mol. The van der Waals surface area contributed by atoms with Gasteiger partial charge in [0.2, 0.25) is 5.76 Å². The third-order valence-corrected chi connectivity index (χ3v) is 2.33. The monoisotopic (exact) mass is 274 g/mol. The van der Waals surface area contributed by atoms with Crippen molar-refractivity contribution in [2.24, 2.45) is 0 Å². The van der Waals surface area contributed by atoms with Crippen molar-refractivity contribution in [1.82, 2.24) is 10.1 Å². The fourth-order valence-electron chi connectivity index (χ4n) is 1.31. The highest BCUT2D eigenvalue weighted by atomic mass is 79.9. The molecule has 0 aliphatic rings. The normalized spacial score (nSPS) is 10.3. The lowest BCUT2D eigenvalue weighted by Crippen LogP contribution is -2.33. The fourth-order valence-corrected chi connectivity index (χ4v) is 1.74. The number of halogens is 1. The highest BCUT2D eigenvalue weighted by Gasteiger charge is 2.18. The number of aromatic nitrogens is 1. The Morgan fingerprint density at radius 3 is 2.80 bits per heavy atom. The van der Waals surface area contributed by atoms with Gasteiger partial charge in [0.1, 0.15) is 0 Å². The van der Waals surface area contributed by atoms with E-state index in [1.54, 1.807) is 17.9 Å². The molecule has 1 heterocycles. The van der Waals surface area contributed by atoms with Crippen molar-refractivity contribution in [3.05, 3.63) is 17.5 Å². The van der Waals surface area contributed by atoms with Crippen LogP contribution in [0.15, 0.2) is 10.6 Å². The van der Waals surface area contributed by atoms with Crippen LogP contribution in [0.4, 0.5) is 0 Å². The molecule has 84 valence electrons. The second-order valence-electron chi connectivity index (χ2n) is 3.31. The molecule has 15 heavy (non-hydrogen) atoms. The summed E-state index contributed by atoms with van der Waals surface area (Å²) in [7, 11) is 0. The van der Waals surface area contributed by atoms with Gasteiger partial charge in [-0.15, -0.1) is 0 Å². The van der Waals surface area contributed by atoms with Crippen molar-refractivity contribution in [2.75, 3.05) is 18.4 Å². The molecule has 0 spiro atoms. The van der Waals surface area contributed by atoms with Gasteiger partial charge in [-0.05, 0) is 13.3 Å². The molecule has 0 bridgehead atoms. The van der Waals surface area contributed by atoms with Crippen LogP contribution in [0, 0.1) is 6.92 Å². The van der Waals surface area contributed by atoms with Crippen molar-refractivity contribution < 1.29 is 9.32 Å². The van der Waals surface area contributed by atoms with E-state index in [9.17, 15) is 4.79 Å². The van der Waals surface area contributed by atoms with Gasteiger partial charge in [-0.3, -0.25) is 4.79 Å². The second kappa shape index (κ2) is 5.90. The molecule has 0 aliphatic heterocycles. The standard InChI is InChI=1S/C10H15BrN2O2/c1-3-5-13(6-4-11)10(14)9-7-8(2)12-15-9/h7H,3-6H2,1-2H3. The quantitative estimate of drug-likeness (QED) is 0.774. The first-order chi connectivity index (χ1) is 7.19. The van der Waals surface area contributed by atoms with Crippen LogP contribution in [-0.4, -0.2) is 34.4 Å². The first-order valence-electron chi connectivity index (χ1n) is 4.97. The first kappa shape index (κ1) is 12.2. The minimum absolute atomic E-state index is 0.0862. The van der Waals surface area contributed by atoms with Crippen molar-refractivity contribution in [1.29, 1.82) is 0 Å². The number of aryl methyl sites for hydroxylation is 1. The van der Waals surface area contributed by atoms with E-state index in [1.165, 1.54) is 0 Å². The summed E-state index contributed by atoms with van der Waals surface area (Å²) in [6.45, 7) is 5.27. The maximum Gasteiger partial charge on any atom is 0.292 e. The zero-order valence-corrected chi connectivity index (χ0v) is 10.6. The number of hydrogen-bond donors (Lipinski definition) is 0. The number of rotatable bonds is 5. The van der Waals surface area contributed by atoms with Crippen LogP contribution in [-0.2, 0) is 0 Å². The Bertz CT molecular complexity index is 319. The van der Waals surface area contributed by atoms with Gasteiger partial charge in [0.15, 0.2) is 0 Å². The van der Waals surface area contributed by atoms with Gasteiger partial charge < -0.3 is 9.42 Å². The molecule has 0 aliphatic carbocycles. The van der Waals surface area contributed by atoms with E-state index in [0.29, 0.717) is 12.3 Å². The van der Waals surface area contributed by atoms with Crippen LogP contribution in [0.25, 0.3) is 0 Å². The van der Waals surface area contributed by atoms with Crippen LogP contribution < -0.4 is 0 Å². The molecule has 1 aromatic heterocycles. The molecule has 0 aromatic carbocycles. The fraction of sp³-hybridized carbons (Fsp3) is 0.600. The van der Waals surface area contributed by atoms with E-state index in [4.69, 9.17) is 4.52 Å². The Kier molecular flexibility index (Phi) is 4.81. The lowest BCUT2D eigenvalue weighted by Gasteiger charge is -2.19. The molecule has 0 saturated heterocycles. The van der Waals surface area contributed by atoms with Crippen LogP contribution in [0.3, 0.4) is 0 Å². The van der Waals surface area contributed by atoms with Gasteiger partial charge in [-0.1, -0.05) is 28.0 Å². The smallest absolute Gasteiger partial charge is 0.292 e. The molecule has 0 atom stereocenters. The molecular formula is C10H15BrN2O2. The van der Waals surface area contributed by atoms with Crippen molar-refractivity contribution in [3.63, 3.8) is 0 Å². The van der Waals surface area contributed by atoms with E-state index in [1.807, 2.05) is 6.92 Å². The molecule has 0 saturated carbocycles. The number of carbonyl (C=O) groups excluding carboxylic acids is 1. The highest BCUT2D eigenvalue weighted by molar-refractivity contribution is 9.09. The van der Waals surface area contributed by atoms with Crippen LogP contribution in [0.5, 0.6) is 0 Å². The maximum atomic E-state index is 11.9. The van der Waals surface area contributed by atoms with Crippen LogP contribution in [0.1, 0.15) is 29.6 Å². The summed E-state index contributed by atoms with van der Waals surface area (Å²) >= 11 is 3.33. The minimum atomic E-state index is -0.0862. The molecule has 0 N–H and O–H groups in total. The molecule has 0 unspecified atom stereocenters. The lowest BCUT2D eigenvalue weighted by atomic mass is 10.3. The zero-order valence-electron chi connectivity index (χ0n) is 8.99. The predicted molar refractivity (Wildman–Crippen MR) is 61.2 cm³/mol. The molecule has 1 amide bonds. The SMILES string of the molecule is CCCN(CCBr)C(=O)c1cc(C)no1. The lowest BCUT2D eigenvalue weighted by molar-refractivity contribution is 0.0724. The van der Waals surface area contributed by atoms with E-state index in [-0.39, 0.29) is 5.91 Å². The topological polar surface area (TPSA) is 46.3 Å². The number of nitrogens with zero attached hydrogens (tertiary/aromatic N) is 2. The van der Waals surface area contributed by atoms with Gasteiger partial charge in [0.05, 0.1) is 5.69 Å². The molecule has 1 aromatic rings. The van der Waals surface area contributed by atoms with E-state index >= 15 is 0 Å². The van der Waals surface area contributed by atoms with Gasteiger partial charge >= 0.3 is 0 Å². The van der Waals surface area contributed by atoms with Crippen molar-refractivity contribution >= 4 is 21.8 Å². The van der Waals surface area contributed by atoms with E-state index in [0.717, 1.165) is 24.0 Å². The molecule has 0 radical (unpaired) electrons. The summed E-state index contributed by atoms with van der Waals surface area (Å²) in [6.07, 6.45) is 0.936. The molecule has 5 heteroatoms. The van der Waals surface area contributed by atoms with Crippen LogP contribution in [0.2, 0.25) is 0 Å². The number of alkyl halides is 1. The molecular weight excluding hydrogens is 260 g/mol. The van der Waals surface area contributed by atoms with Gasteiger partial charge in [0.25, 0.3) is 5.91 Å². The molecule has 4 nitrogen and oxygen atoms in total. The van der Waals surface area contributed by atoms with Crippen LogP contribution >= 0.6 is 15.9 Å². The number of hydrogen-bond acceptors (Lipinski definition) is 3. The third-order valence-electron chi connectivity index (χ3n) is 1.97. The third kappa shape index (κ3) is 3.34. The Hall–Kier alpha value is -0.840. The summed E-state index contributed by atoms with van der Waals surface area (Å²) in [5.74, 6) is 0.235. The largest absolute Gasteiger partial charge is 0.351 e.